The molecule has 1 unspecified atom stereocenters. The fourth-order valence-electron chi connectivity index (χ4n) is 0.974. The summed E-state index contributed by atoms with van der Waals surface area (Å²) in [5, 5.41) is 0. The Labute approximate surface area is 95.9 Å². The Morgan fingerprint density at radius 3 is 1.94 bits per heavy atom. The molecule has 0 aliphatic carbocycles. The molecule has 0 aliphatic rings. The van der Waals surface area contributed by atoms with Gasteiger partial charge in [0.1, 0.15) is 0 Å². The van der Waals surface area contributed by atoms with Gasteiger partial charge in [0, 0.05) is 27.8 Å². The van der Waals surface area contributed by atoms with Crippen molar-refractivity contribution in [3.63, 3.8) is 0 Å². The molecule has 0 bridgehead atoms. The normalized spacial score (nSPS) is 16.5. The molecule has 0 aromatic heterocycles. The van der Waals surface area contributed by atoms with Crippen LogP contribution in [-0.4, -0.2) is 45.6 Å². The molecule has 0 saturated heterocycles. The fourth-order valence-corrected chi connectivity index (χ4v) is 5.36. The zero-order valence-electron chi connectivity index (χ0n) is 9.76. The van der Waals surface area contributed by atoms with E-state index in [-0.39, 0.29) is 6.04 Å². The second kappa shape index (κ2) is 6.72. The highest BCUT2D eigenvalue weighted by molar-refractivity contribution is 6.71. The third-order valence-electron chi connectivity index (χ3n) is 2.02. The summed E-state index contributed by atoms with van der Waals surface area (Å²) in [7, 11) is -1.06. The third-order valence-corrected chi connectivity index (χ3v) is 7.58. The predicted molar refractivity (Wildman–Crippen MR) is 56.4 cm³/mol. The number of hydrogen-bond acceptors (Lipinski definition) is 4. The first-order valence-electron chi connectivity index (χ1n) is 4.61. The van der Waals surface area contributed by atoms with Crippen LogP contribution in [0.25, 0.3) is 0 Å². The Bertz CT molecular complexity index is 201. The lowest BCUT2D eigenvalue weighted by molar-refractivity contribution is -0.131. The van der Waals surface area contributed by atoms with Gasteiger partial charge in [0.2, 0.25) is 0 Å². The van der Waals surface area contributed by atoms with Gasteiger partial charge in [-0.1, -0.05) is 0 Å². The maximum atomic E-state index is 12.1. The van der Waals surface area contributed by atoms with Crippen LogP contribution in [0, 0.1) is 0 Å². The van der Waals surface area contributed by atoms with Crippen molar-refractivity contribution in [3.05, 3.63) is 0 Å². The lowest BCUT2D eigenvalue weighted by atomic mass is 10.5. The molecule has 1 atom stereocenters. The van der Waals surface area contributed by atoms with Crippen molar-refractivity contribution < 1.29 is 30.6 Å². The van der Waals surface area contributed by atoms with Gasteiger partial charge in [-0.15, -0.1) is 0 Å². The topological polar surface area (TPSA) is 36.9 Å². The quantitative estimate of drug-likeness (QED) is 0.664. The molecule has 0 aliphatic heterocycles. The van der Waals surface area contributed by atoms with Crippen molar-refractivity contribution in [2.75, 3.05) is 21.3 Å². The van der Waals surface area contributed by atoms with Gasteiger partial charge in [-0.3, -0.25) is 0 Å². The van der Waals surface area contributed by atoms with Gasteiger partial charge in [-0.05, 0) is 12.6 Å². The van der Waals surface area contributed by atoms with Crippen LogP contribution >= 0.6 is 0 Å². The standard InChI is InChI=1S/C7H17F3O4Si2/c1-11-15(12-2)14-16(4,13-3)6-5-7(8,9)10/h15H,5-6H2,1-4H3. The summed E-state index contributed by atoms with van der Waals surface area (Å²) in [6.45, 7) is 1.57. The largest absolute Gasteiger partial charge is 0.474 e. The maximum absolute atomic E-state index is 12.1. The van der Waals surface area contributed by atoms with Crippen LogP contribution in [0.1, 0.15) is 6.42 Å². The molecule has 0 aromatic rings. The fraction of sp³-hybridized carbons (Fsp3) is 1.00. The molecule has 9 heteroatoms. The lowest BCUT2D eigenvalue weighted by Gasteiger charge is -2.28. The zero-order valence-corrected chi connectivity index (χ0v) is 11.9. The molecule has 0 saturated carbocycles. The Morgan fingerprint density at radius 1 is 1.12 bits per heavy atom. The van der Waals surface area contributed by atoms with Crippen LogP contribution < -0.4 is 0 Å². The SMILES string of the molecule is CO[SiH](OC)O[Si](C)(CCC(F)(F)F)OC. The molecule has 98 valence electrons. The molecule has 0 rings (SSSR count). The van der Waals surface area contributed by atoms with Gasteiger partial charge in [0.15, 0.2) is 0 Å². The minimum atomic E-state index is -4.20. The number of halogens is 3. The monoisotopic (exact) mass is 278 g/mol. The second-order valence-corrected chi connectivity index (χ2v) is 8.97. The average molecular weight is 278 g/mol. The summed E-state index contributed by atoms with van der Waals surface area (Å²) in [5.41, 5.74) is 0. The highest BCUT2D eigenvalue weighted by Crippen LogP contribution is 2.27. The van der Waals surface area contributed by atoms with Gasteiger partial charge >= 0.3 is 24.3 Å². The summed E-state index contributed by atoms with van der Waals surface area (Å²) in [4.78, 5) is 0. The highest BCUT2D eigenvalue weighted by Gasteiger charge is 2.39. The van der Waals surface area contributed by atoms with Crippen molar-refractivity contribution in [2.24, 2.45) is 0 Å². The van der Waals surface area contributed by atoms with Crippen LogP contribution in [-0.2, 0) is 17.4 Å². The van der Waals surface area contributed by atoms with E-state index in [9.17, 15) is 13.2 Å². The third kappa shape index (κ3) is 6.60. The van der Waals surface area contributed by atoms with Crippen molar-refractivity contribution in [1.29, 1.82) is 0 Å². The second-order valence-electron chi connectivity index (χ2n) is 3.33. The van der Waals surface area contributed by atoms with E-state index < -0.39 is 30.7 Å². The van der Waals surface area contributed by atoms with Crippen molar-refractivity contribution >= 4 is 18.1 Å². The molecule has 0 amide bonds. The van der Waals surface area contributed by atoms with Crippen molar-refractivity contribution in [1.82, 2.24) is 0 Å². The van der Waals surface area contributed by atoms with Crippen LogP contribution in [0.3, 0.4) is 0 Å². The van der Waals surface area contributed by atoms with E-state index in [1.807, 2.05) is 0 Å². The van der Waals surface area contributed by atoms with Crippen LogP contribution in [0.5, 0.6) is 0 Å². The first kappa shape index (κ1) is 16.1. The Hall–Kier alpha value is 0.0638. The summed E-state index contributed by atoms with van der Waals surface area (Å²) in [6.07, 6.45) is -5.12. The minimum Gasteiger partial charge on any atom is -0.398 e. The average Bonchev–Trinajstić information content (AvgIpc) is 2.22. The van der Waals surface area contributed by atoms with E-state index in [0.29, 0.717) is 0 Å². The molecule has 0 aromatic carbocycles. The lowest BCUT2D eigenvalue weighted by Crippen LogP contribution is -2.45. The number of hydrogen-bond donors (Lipinski definition) is 0. The Morgan fingerprint density at radius 2 is 1.62 bits per heavy atom. The molecule has 0 spiro atoms. The molecule has 0 fully saturated rings. The first-order chi connectivity index (χ1) is 7.26. The molecule has 0 radical (unpaired) electrons. The summed E-state index contributed by atoms with van der Waals surface area (Å²) < 4.78 is 56.5. The summed E-state index contributed by atoms with van der Waals surface area (Å²) >= 11 is 0. The van der Waals surface area contributed by atoms with Crippen LogP contribution in [0.4, 0.5) is 13.2 Å². The molecule has 0 N–H and O–H groups in total. The van der Waals surface area contributed by atoms with Gasteiger partial charge < -0.3 is 17.4 Å². The van der Waals surface area contributed by atoms with Crippen molar-refractivity contribution in [2.45, 2.75) is 25.2 Å². The molecule has 16 heavy (non-hydrogen) atoms. The Balaban J connectivity index is 4.30. The molecular weight excluding hydrogens is 261 g/mol. The van der Waals surface area contributed by atoms with E-state index in [2.05, 4.69) is 0 Å². The van der Waals surface area contributed by atoms with E-state index in [4.69, 9.17) is 17.4 Å². The maximum Gasteiger partial charge on any atom is 0.474 e. The van der Waals surface area contributed by atoms with Crippen molar-refractivity contribution in [3.8, 4) is 0 Å². The smallest absolute Gasteiger partial charge is 0.398 e. The van der Waals surface area contributed by atoms with Gasteiger partial charge in [-0.2, -0.15) is 13.2 Å². The summed E-state index contributed by atoms with van der Waals surface area (Å²) in [5.74, 6) is 0. The zero-order chi connectivity index (χ0) is 12.8. The minimum absolute atomic E-state index is 0.163. The van der Waals surface area contributed by atoms with Gasteiger partial charge in [0.25, 0.3) is 0 Å². The van der Waals surface area contributed by atoms with Gasteiger partial charge in [-0.25, -0.2) is 0 Å². The van der Waals surface area contributed by atoms with Crippen LogP contribution in [0.2, 0.25) is 12.6 Å². The first-order valence-corrected chi connectivity index (χ1v) is 8.55. The predicted octanol–water partition coefficient (Wildman–Crippen LogP) is 1.68. The highest BCUT2D eigenvalue weighted by atomic mass is 28.4. The molecule has 0 heterocycles. The van der Waals surface area contributed by atoms with E-state index in [1.54, 1.807) is 6.55 Å². The Kier molecular flexibility index (Phi) is 6.74. The van der Waals surface area contributed by atoms with E-state index >= 15 is 0 Å². The molecular formula is C7H17F3O4Si2. The number of alkyl halides is 3. The molecule has 4 nitrogen and oxygen atoms in total. The van der Waals surface area contributed by atoms with E-state index in [1.165, 1.54) is 21.3 Å². The van der Waals surface area contributed by atoms with Crippen LogP contribution in [0.15, 0.2) is 0 Å². The summed E-state index contributed by atoms with van der Waals surface area (Å²) in [6, 6.07) is -0.163. The van der Waals surface area contributed by atoms with Gasteiger partial charge in [0.05, 0.1) is 0 Å². The number of rotatable bonds is 7. The van der Waals surface area contributed by atoms with E-state index in [0.717, 1.165) is 0 Å².